The lowest BCUT2D eigenvalue weighted by Crippen LogP contribution is -2.26. The summed E-state index contributed by atoms with van der Waals surface area (Å²) in [5.74, 6) is 0.602. The van der Waals surface area contributed by atoms with E-state index < -0.39 is 0 Å². The van der Waals surface area contributed by atoms with Gasteiger partial charge in [0.15, 0.2) is 0 Å². The van der Waals surface area contributed by atoms with Gasteiger partial charge in [0, 0.05) is 20.3 Å². The summed E-state index contributed by atoms with van der Waals surface area (Å²) in [5, 5.41) is 9.11. The normalized spacial score (nSPS) is 16.7. The minimum atomic E-state index is -0.311. The third-order valence-electron chi connectivity index (χ3n) is 3.27. The van der Waals surface area contributed by atoms with Crippen molar-refractivity contribution in [1.82, 2.24) is 4.57 Å². The van der Waals surface area contributed by atoms with Crippen LogP contribution in [-0.2, 0) is 11.8 Å². The van der Waals surface area contributed by atoms with E-state index in [2.05, 4.69) is 0 Å². The Morgan fingerprint density at radius 2 is 2.18 bits per heavy atom. The predicted octanol–water partition coefficient (Wildman–Crippen LogP) is 0.733. The molecule has 1 aromatic rings. The lowest BCUT2D eigenvalue weighted by molar-refractivity contribution is 0.0852. The third-order valence-corrected chi connectivity index (χ3v) is 3.27. The van der Waals surface area contributed by atoms with Crippen LogP contribution in [0.15, 0.2) is 10.9 Å². The molecular weight excluding hydrogens is 218 g/mol. The van der Waals surface area contributed by atoms with E-state index in [-0.39, 0.29) is 17.0 Å². The van der Waals surface area contributed by atoms with Crippen molar-refractivity contribution in [3.05, 3.63) is 27.5 Å². The van der Waals surface area contributed by atoms with E-state index in [9.17, 15) is 4.79 Å². The van der Waals surface area contributed by atoms with Gasteiger partial charge in [-0.2, -0.15) is 5.26 Å². The van der Waals surface area contributed by atoms with Crippen molar-refractivity contribution in [2.24, 2.45) is 7.05 Å². The zero-order valence-electron chi connectivity index (χ0n) is 9.77. The largest absolute Gasteiger partial charge is 0.385 e. The molecule has 1 saturated heterocycles. The van der Waals surface area contributed by atoms with Gasteiger partial charge in [0.05, 0.1) is 0 Å². The van der Waals surface area contributed by atoms with Crippen molar-refractivity contribution < 1.29 is 4.74 Å². The molecule has 2 heterocycles. The summed E-state index contributed by atoms with van der Waals surface area (Å²) in [5.41, 5.74) is 6.45. The molecule has 5 nitrogen and oxygen atoms in total. The van der Waals surface area contributed by atoms with Crippen LogP contribution in [-0.4, -0.2) is 17.8 Å². The maximum Gasteiger partial charge on any atom is 0.270 e. The second kappa shape index (κ2) is 4.60. The highest BCUT2D eigenvalue weighted by molar-refractivity contribution is 5.46. The zero-order chi connectivity index (χ0) is 12.4. The van der Waals surface area contributed by atoms with Crippen molar-refractivity contribution in [3.63, 3.8) is 0 Å². The summed E-state index contributed by atoms with van der Waals surface area (Å²) in [6, 6.07) is 3.75. The maximum absolute atomic E-state index is 11.9. The Labute approximate surface area is 99.4 Å². The number of nitriles is 1. The van der Waals surface area contributed by atoms with Crippen LogP contribution in [0.4, 0.5) is 5.82 Å². The molecular formula is C12H15N3O2. The number of nitrogens with zero attached hydrogens (tertiary/aromatic N) is 2. The first-order chi connectivity index (χ1) is 8.15. The minimum Gasteiger partial charge on any atom is -0.385 e. The number of aromatic nitrogens is 1. The molecule has 0 atom stereocenters. The molecule has 1 aliphatic rings. The minimum absolute atomic E-state index is 0.203. The second-order valence-corrected chi connectivity index (χ2v) is 4.26. The molecule has 1 aliphatic heterocycles. The lowest BCUT2D eigenvalue weighted by atomic mass is 9.89. The Morgan fingerprint density at radius 3 is 2.76 bits per heavy atom. The summed E-state index contributed by atoms with van der Waals surface area (Å²) < 4.78 is 6.59. The van der Waals surface area contributed by atoms with Crippen LogP contribution in [0.2, 0.25) is 0 Å². The Kier molecular flexibility index (Phi) is 3.16. The van der Waals surface area contributed by atoms with Gasteiger partial charge in [-0.1, -0.05) is 0 Å². The van der Waals surface area contributed by atoms with Gasteiger partial charge >= 0.3 is 0 Å². The standard InChI is InChI=1S/C12H15N3O2/c1-15-11(14)6-9(10(7-13)12(15)16)8-2-4-17-5-3-8/h6,8H,2-5,14H2,1H3. The van der Waals surface area contributed by atoms with Crippen molar-refractivity contribution in [2.75, 3.05) is 18.9 Å². The third kappa shape index (κ3) is 2.04. The van der Waals surface area contributed by atoms with Crippen LogP contribution in [0.1, 0.15) is 29.9 Å². The zero-order valence-corrected chi connectivity index (χ0v) is 9.77. The van der Waals surface area contributed by atoms with Crippen LogP contribution < -0.4 is 11.3 Å². The van der Waals surface area contributed by atoms with Gasteiger partial charge in [0.25, 0.3) is 5.56 Å². The first-order valence-electron chi connectivity index (χ1n) is 5.62. The SMILES string of the molecule is Cn1c(N)cc(C2CCOCC2)c(C#N)c1=O. The Bertz CT molecular complexity index is 522. The summed E-state index contributed by atoms with van der Waals surface area (Å²) in [7, 11) is 1.58. The van der Waals surface area contributed by atoms with Crippen molar-refractivity contribution in [3.8, 4) is 6.07 Å². The van der Waals surface area contributed by atoms with Gasteiger partial charge in [-0.3, -0.25) is 9.36 Å². The highest BCUT2D eigenvalue weighted by Gasteiger charge is 2.22. The van der Waals surface area contributed by atoms with E-state index in [1.807, 2.05) is 6.07 Å². The quantitative estimate of drug-likeness (QED) is 0.775. The topological polar surface area (TPSA) is 81.0 Å². The number of rotatable bonds is 1. The molecule has 0 radical (unpaired) electrons. The van der Waals surface area contributed by atoms with E-state index in [1.54, 1.807) is 13.1 Å². The molecule has 0 aromatic carbocycles. The predicted molar refractivity (Wildman–Crippen MR) is 63.6 cm³/mol. The van der Waals surface area contributed by atoms with Crippen LogP contribution in [0, 0.1) is 11.3 Å². The molecule has 17 heavy (non-hydrogen) atoms. The number of nitrogens with two attached hydrogens (primary N) is 1. The summed E-state index contributed by atoms with van der Waals surface area (Å²) in [6.07, 6.45) is 1.67. The van der Waals surface area contributed by atoms with Crippen molar-refractivity contribution in [2.45, 2.75) is 18.8 Å². The Balaban J connectivity index is 2.53. The van der Waals surface area contributed by atoms with Gasteiger partial charge in [0.2, 0.25) is 0 Å². The van der Waals surface area contributed by atoms with Crippen LogP contribution >= 0.6 is 0 Å². The van der Waals surface area contributed by atoms with Crippen LogP contribution in [0.25, 0.3) is 0 Å². The van der Waals surface area contributed by atoms with Crippen molar-refractivity contribution in [1.29, 1.82) is 5.26 Å². The molecule has 0 aliphatic carbocycles. The van der Waals surface area contributed by atoms with E-state index in [0.717, 1.165) is 18.4 Å². The van der Waals surface area contributed by atoms with Gasteiger partial charge in [0.1, 0.15) is 17.5 Å². The van der Waals surface area contributed by atoms with Gasteiger partial charge in [-0.15, -0.1) is 0 Å². The molecule has 0 unspecified atom stereocenters. The maximum atomic E-state index is 11.9. The number of ether oxygens (including phenoxy) is 1. The number of hydrogen-bond acceptors (Lipinski definition) is 4. The van der Waals surface area contributed by atoms with Crippen LogP contribution in [0.3, 0.4) is 0 Å². The fourth-order valence-electron chi connectivity index (χ4n) is 2.18. The highest BCUT2D eigenvalue weighted by atomic mass is 16.5. The van der Waals surface area contributed by atoms with Gasteiger partial charge < -0.3 is 10.5 Å². The molecule has 2 N–H and O–H groups in total. The smallest absolute Gasteiger partial charge is 0.270 e. The second-order valence-electron chi connectivity index (χ2n) is 4.26. The average molecular weight is 233 g/mol. The van der Waals surface area contributed by atoms with E-state index in [0.29, 0.717) is 19.0 Å². The molecule has 1 fully saturated rings. The fourth-order valence-corrected chi connectivity index (χ4v) is 2.18. The Morgan fingerprint density at radius 1 is 1.53 bits per heavy atom. The van der Waals surface area contributed by atoms with Crippen molar-refractivity contribution >= 4 is 5.82 Å². The first-order valence-corrected chi connectivity index (χ1v) is 5.62. The first kappa shape index (κ1) is 11.7. The summed E-state index contributed by atoms with van der Waals surface area (Å²) in [4.78, 5) is 11.9. The number of anilines is 1. The van der Waals surface area contributed by atoms with E-state index in [4.69, 9.17) is 15.7 Å². The molecule has 90 valence electrons. The highest BCUT2D eigenvalue weighted by Crippen LogP contribution is 2.28. The van der Waals surface area contributed by atoms with E-state index in [1.165, 1.54) is 4.57 Å². The average Bonchev–Trinajstić information content (AvgIpc) is 2.36. The van der Waals surface area contributed by atoms with Gasteiger partial charge in [-0.05, 0) is 30.4 Å². The lowest BCUT2D eigenvalue weighted by Gasteiger charge is -2.23. The monoisotopic (exact) mass is 233 g/mol. The summed E-state index contributed by atoms with van der Waals surface area (Å²) in [6.45, 7) is 1.34. The van der Waals surface area contributed by atoms with Crippen LogP contribution in [0.5, 0.6) is 0 Å². The molecule has 0 spiro atoms. The fraction of sp³-hybridized carbons (Fsp3) is 0.500. The number of nitrogen functional groups attached to an aromatic ring is 1. The molecule has 0 amide bonds. The molecule has 0 bridgehead atoms. The number of hydrogen-bond donors (Lipinski definition) is 1. The number of pyridine rings is 1. The summed E-state index contributed by atoms with van der Waals surface area (Å²) >= 11 is 0. The molecule has 1 aromatic heterocycles. The molecule has 5 heteroatoms. The van der Waals surface area contributed by atoms with E-state index >= 15 is 0 Å². The molecule has 2 rings (SSSR count). The van der Waals surface area contributed by atoms with Gasteiger partial charge in [-0.25, -0.2) is 0 Å². The molecule has 0 saturated carbocycles. The Hall–Kier alpha value is -1.80.